The zero-order chi connectivity index (χ0) is 12.6. The molecule has 0 saturated heterocycles. The van der Waals surface area contributed by atoms with Crippen molar-refractivity contribution in [2.75, 3.05) is 14.1 Å². The summed E-state index contributed by atoms with van der Waals surface area (Å²) in [5.74, 6) is -0.809. The maximum absolute atomic E-state index is 13.5. The first-order valence-corrected chi connectivity index (χ1v) is 5.45. The topological polar surface area (TPSA) is 41.6 Å². The third-order valence-electron chi connectivity index (χ3n) is 2.88. The highest BCUT2D eigenvalue weighted by molar-refractivity contribution is 5.78. The molecule has 1 aliphatic rings. The maximum atomic E-state index is 13.5. The maximum Gasteiger partial charge on any atom is 0.191 e. The molecule has 1 fully saturated rings. The minimum atomic E-state index is -0.504. The number of halogens is 2. The van der Waals surface area contributed by atoms with E-state index in [1.165, 1.54) is 18.2 Å². The molecular formula is C12H15F2N3. The average molecular weight is 239 g/mol. The van der Waals surface area contributed by atoms with Crippen molar-refractivity contribution in [2.24, 2.45) is 10.7 Å². The molecule has 2 atom stereocenters. The first-order chi connectivity index (χ1) is 8.00. The summed E-state index contributed by atoms with van der Waals surface area (Å²) >= 11 is 0. The molecule has 2 unspecified atom stereocenters. The molecule has 3 nitrogen and oxygen atoms in total. The average Bonchev–Trinajstić information content (AvgIpc) is 2.96. The van der Waals surface area contributed by atoms with Crippen LogP contribution in [0.3, 0.4) is 0 Å². The monoisotopic (exact) mass is 239 g/mol. The fraction of sp³-hybridized carbons (Fsp3) is 0.417. The molecule has 1 aliphatic carbocycles. The zero-order valence-electron chi connectivity index (χ0n) is 9.82. The minimum absolute atomic E-state index is 0.108. The van der Waals surface area contributed by atoms with E-state index in [9.17, 15) is 8.78 Å². The van der Waals surface area contributed by atoms with Gasteiger partial charge in [0.25, 0.3) is 0 Å². The Morgan fingerprint density at radius 1 is 1.35 bits per heavy atom. The molecule has 0 amide bonds. The third-order valence-corrected chi connectivity index (χ3v) is 2.88. The standard InChI is InChI=1S/C12H15F2N3/c1-17(2)12(15)16-10-6-7(10)11-8(13)4-3-5-9(11)14/h3-5,7,10H,6H2,1-2H3,(H2,15,16). The van der Waals surface area contributed by atoms with Crippen molar-refractivity contribution in [1.82, 2.24) is 4.90 Å². The summed E-state index contributed by atoms with van der Waals surface area (Å²) in [5.41, 5.74) is 5.79. The van der Waals surface area contributed by atoms with E-state index >= 15 is 0 Å². The first-order valence-electron chi connectivity index (χ1n) is 5.45. The molecule has 0 radical (unpaired) electrons. The van der Waals surface area contributed by atoms with Crippen LogP contribution in [0.2, 0.25) is 0 Å². The summed E-state index contributed by atoms with van der Waals surface area (Å²) in [4.78, 5) is 5.89. The van der Waals surface area contributed by atoms with Gasteiger partial charge < -0.3 is 10.6 Å². The zero-order valence-corrected chi connectivity index (χ0v) is 9.82. The van der Waals surface area contributed by atoms with Gasteiger partial charge in [-0.1, -0.05) is 6.07 Å². The Morgan fingerprint density at radius 3 is 2.47 bits per heavy atom. The van der Waals surface area contributed by atoms with Gasteiger partial charge in [0.2, 0.25) is 0 Å². The van der Waals surface area contributed by atoms with Crippen LogP contribution in [-0.2, 0) is 0 Å². The predicted molar refractivity (Wildman–Crippen MR) is 62.8 cm³/mol. The highest BCUT2D eigenvalue weighted by atomic mass is 19.1. The Hall–Kier alpha value is -1.65. The van der Waals surface area contributed by atoms with Crippen LogP contribution in [0.15, 0.2) is 23.2 Å². The highest BCUT2D eigenvalue weighted by Crippen LogP contribution is 2.45. The molecule has 0 spiro atoms. The van der Waals surface area contributed by atoms with E-state index in [1.54, 1.807) is 19.0 Å². The number of nitrogens with two attached hydrogens (primary N) is 1. The van der Waals surface area contributed by atoms with Gasteiger partial charge in [-0.15, -0.1) is 0 Å². The lowest BCUT2D eigenvalue weighted by atomic mass is 10.1. The lowest BCUT2D eigenvalue weighted by Gasteiger charge is -2.10. The summed E-state index contributed by atoms with van der Waals surface area (Å²) in [6, 6.07) is 3.80. The molecule has 1 aromatic rings. The van der Waals surface area contributed by atoms with E-state index in [0.29, 0.717) is 12.4 Å². The Balaban J connectivity index is 2.16. The predicted octanol–water partition coefficient (Wildman–Crippen LogP) is 1.70. The van der Waals surface area contributed by atoms with E-state index in [2.05, 4.69) is 4.99 Å². The number of hydrogen-bond acceptors (Lipinski definition) is 1. The SMILES string of the molecule is CN(C)C(N)=NC1CC1c1c(F)cccc1F. The summed E-state index contributed by atoms with van der Waals surface area (Å²) in [6.07, 6.45) is 0.645. The molecule has 17 heavy (non-hydrogen) atoms. The Labute approximate surface area is 98.9 Å². The number of aliphatic imine (C=N–C) groups is 1. The van der Waals surface area contributed by atoms with E-state index < -0.39 is 11.6 Å². The molecule has 0 aromatic heterocycles. The number of benzene rings is 1. The lowest BCUT2D eigenvalue weighted by molar-refractivity contribution is 0.554. The molecule has 0 aliphatic heterocycles. The third kappa shape index (κ3) is 2.38. The van der Waals surface area contributed by atoms with Crippen LogP contribution < -0.4 is 5.73 Å². The van der Waals surface area contributed by atoms with Gasteiger partial charge in [-0.3, -0.25) is 0 Å². The first kappa shape index (κ1) is 11.8. The van der Waals surface area contributed by atoms with Crippen LogP contribution in [0.5, 0.6) is 0 Å². The van der Waals surface area contributed by atoms with Crippen molar-refractivity contribution in [3.8, 4) is 0 Å². The van der Waals surface area contributed by atoms with Gasteiger partial charge >= 0.3 is 0 Å². The molecule has 5 heteroatoms. The van der Waals surface area contributed by atoms with Gasteiger partial charge in [-0.2, -0.15) is 0 Å². The van der Waals surface area contributed by atoms with Gasteiger partial charge in [0.05, 0.1) is 6.04 Å². The molecule has 1 saturated carbocycles. The normalized spacial score (nSPS) is 23.6. The van der Waals surface area contributed by atoms with Crippen molar-refractivity contribution < 1.29 is 8.78 Å². The van der Waals surface area contributed by atoms with Gasteiger partial charge in [0.15, 0.2) is 5.96 Å². The fourth-order valence-corrected chi connectivity index (χ4v) is 1.78. The molecule has 0 bridgehead atoms. The molecule has 2 N–H and O–H groups in total. The van der Waals surface area contributed by atoms with Crippen LogP contribution in [0.1, 0.15) is 17.9 Å². The van der Waals surface area contributed by atoms with E-state index in [0.717, 1.165) is 0 Å². The van der Waals surface area contributed by atoms with Crippen molar-refractivity contribution in [2.45, 2.75) is 18.4 Å². The Morgan fingerprint density at radius 2 is 1.94 bits per heavy atom. The van der Waals surface area contributed by atoms with Gasteiger partial charge in [-0.25, -0.2) is 13.8 Å². The van der Waals surface area contributed by atoms with Crippen LogP contribution in [0.4, 0.5) is 8.78 Å². The second kappa shape index (κ2) is 4.31. The fourth-order valence-electron chi connectivity index (χ4n) is 1.78. The van der Waals surface area contributed by atoms with Gasteiger partial charge in [-0.05, 0) is 18.6 Å². The molecule has 2 rings (SSSR count). The van der Waals surface area contributed by atoms with Crippen LogP contribution in [0, 0.1) is 11.6 Å². The van der Waals surface area contributed by atoms with E-state index in [4.69, 9.17) is 5.73 Å². The summed E-state index contributed by atoms with van der Waals surface area (Å²) < 4.78 is 27.0. The molecular weight excluding hydrogens is 224 g/mol. The summed E-state index contributed by atoms with van der Waals surface area (Å²) in [6.45, 7) is 0. The van der Waals surface area contributed by atoms with Crippen LogP contribution >= 0.6 is 0 Å². The lowest BCUT2D eigenvalue weighted by Crippen LogP contribution is -2.30. The van der Waals surface area contributed by atoms with Crippen molar-refractivity contribution in [3.63, 3.8) is 0 Å². The number of guanidine groups is 1. The molecule has 92 valence electrons. The number of rotatable bonds is 2. The second-order valence-electron chi connectivity index (χ2n) is 4.43. The van der Waals surface area contributed by atoms with Crippen LogP contribution in [-0.4, -0.2) is 31.0 Å². The van der Waals surface area contributed by atoms with Gasteiger partial charge in [0, 0.05) is 25.6 Å². The number of hydrogen-bond donors (Lipinski definition) is 1. The molecule has 1 aromatic carbocycles. The van der Waals surface area contributed by atoms with Crippen molar-refractivity contribution >= 4 is 5.96 Å². The van der Waals surface area contributed by atoms with Crippen molar-refractivity contribution in [3.05, 3.63) is 35.4 Å². The quantitative estimate of drug-likeness (QED) is 0.630. The largest absolute Gasteiger partial charge is 0.370 e. The second-order valence-corrected chi connectivity index (χ2v) is 4.43. The smallest absolute Gasteiger partial charge is 0.191 e. The minimum Gasteiger partial charge on any atom is -0.370 e. The van der Waals surface area contributed by atoms with Gasteiger partial charge in [0.1, 0.15) is 11.6 Å². The van der Waals surface area contributed by atoms with Crippen LogP contribution in [0.25, 0.3) is 0 Å². The summed E-state index contributed by atoms with van der Waals surface area (Å²) in [7, 11) is 3.56. The Bertz CT molecular complexity index is 437. The number of nitrogens with zero attached hydrogens (tertiary/aromatic N) is 2. The van der Waals surface area contributed by atoms with E-state index in [1.807, 2.05) is 0 Å². The summed E-state index contributed by atoms with van der Waals surface area (Å²) in [5, 5.41) is 0. The Kier molecular flexibility index (Phi) is 3.00. The molecule has 0 heterocycles. The van der Waals surface area contributed by atoms with E-state index in [-0.39, 0.29) is 17.5 Å². The highest BCUT2D eigenvalue weighted by Gasteiger charge is 2.42. The van der Waals surface area contributed by atoms with Crippen molar-refractivity contribution in [1.29, 1.82) is 0 Å².